The first kappa shape index (κ1) is 21.6. The van der Waals surface area contributed by atoms with E-state index >= 15 is 0 Å². The van der Waals surface area contributed by atoms with Crippen LogP contribution in [-0.2, 0) is 4.79 Å². The van der Waals surface area contributed by atoms with Gasteiger partial charge in [-0.25, -0.2) is 0 Å². The van der Waals surface area contributed by atoms with Gasteiger partial charge in [-0.2, -0.15) is 5.26 Å². The second-order valence-corrected chi connectivity index (χ2v) is 8.49. The summed E-state index contributed by atoms with van der Waals surface area (Å²) in [6.07, 6.45) is 0. The van der Waals surface area contributed by atoms with Gasteiger partial charge in [0.1, 0.15) is 0 Å². The Morgan fingerprint density at radius 3 is 2.37 bits per heavy atom. The zero-order valence-corrected chi connectivity index (χ0v) is 18.4. The monoisotopic (exact) mass is 416 g/mol. The Kier molecular flexibility index (Phi) is 6.59. The van der Waals surface area contributed by atoms with E-state index in [1.165, 1.54) is 18.7 Å². The lowest BCUT2D eigenvalue weighted by molar-refractivity contribution is -0.113. The lowest BCUT2D eigenvalue weighted by atomic mass is 9.80. The van der Waals surface area contributed by atoms with E-state index < -0.39 is 5.92 Å². The summed E-state index contributed by atoms with van der Waals surface area (Å²) in [7, 11) is 0. The first-order valence-electron chi connectivity index (χ1n) is 9.74. The third-order valence-electron chi connectivity index (χ3n) is 5.12. The highest BCUT2D eigenvalue weighted by Crippen LogP contribution is 2.41. The van der Waals surface area contributed by atoms with Crippen molar-refractivity contribution in [3.8, 4) is 6.07 Å². The van der Waals surface area contributed by atoms with Gasteiger partial charge in [-0.15, -0.1) is 0 Å². The maximum atomic E-state index is 12.6. The maximum absolute atomic E-state index is 12.6. The van der Waals surface area contributed by atoms with Crippen molar-refractivity contribution in [3.63, 3.8) is 0 Å². The van der Waals surface area contributed by atoms with Crippen LogP contribution in [-0.4, -0.2) is 17.3 Å². The second-order valence-electron chi connectivity index (χ2n) is 7.50. The summed E-state index contributed by atoms with van der Waals surface area (Å²) in [6, 6.07) is 17.6. The molecule has 30 heavy (non-hydrogen) atoms. The van der Waals surface area contributed by atoms with Crippen LogP contribution in [0.5, 0.6) is 0 Å². The van der Waals surface area contributed by atoms with Gasteiger partial charge in [0, 0.05) is 16.8 Å². The van der Waals surface area contributed by atoms with Crippen molar-refractivity contribution >= 4 is 23.3 Å². The van der Waals surface area contributed by atoms with Gasteiger partial charge in [-0.1, -0.05) is 71.4 Å². The molecular formula is C25H24N2O2S. The highest BCUT2D eigenvalue weighted by Gasteiger charge is 2.33. The third-order valence-corrected chi connectivity index (χ3v) is 6.14. The lowest BCUT2D eigenvalue weighted by Crippen LogP contribution is -2.27. The molecule has 152 valence electrons. The van der Waals surface area contributed by atoms with E-state index in [0.717, 1.165) is 22.4 Å². The summed E-state index contributed by atoms with van der Waals surface area (Å²) < 4.78 is 0. The van der Waals surface area contributed by atoms with Gasteiger partial charge in [-0.05, 0) is 33.3 Å². The number of ketones is 2. The van der Waals surface area contributed by atoms with Crippen LogP contribution in [0.15, 0.2) is 70.4 Å². The Morgan fingerprint density at radius 2 is 1.77 bits per heavy atom. The number of hydrogen-bond donors (Lipinski definition) is 1. The molecule has 0 unspecified atom stereocenters. The Bertz CT molecular complexity index is 1100. The van der Waals surface area contributed by atoms with E-state index in [9.17, 15) is 14.9 Å². The molecule has 3 rings (SSSR count). The van der Waals surface area contributed by atoms with Crippen molar-refractivity contribution < 1.29 is 9.59 Å². The quantitative estimate of drug-likeness (QED) is 0.655. The summed E-state index contributed by atoms with van der Waals surface area (Å²) in [5.74, 6) is -0.304. The highest BCUT2D eigenvalue weighted by molar-refractivity contribution is 8.03. The molecule has 0 aliphatic carbocycles. The largest absolute Gasteiger partial charge is 0.353 e. The molecule has 1 atom stereocenters. The van der Waals surface area contributed by atoms with Crippen molar-refractivity contribution in [2.45, 2.75) is 33.6 Å². The molecule has 5 heteroatoms. The minimum Gasteiger partial charge on any atom is -0.353 e. The van der Waals surface area contributed by atoms with Crippen molar-refractivity contribution in [2.75, 3.05) is 5.75 Å². The molecule has 0 aromatic heterocycles. The number of aryl methyl sites for hydroxylation is 2. The molecule has 1 aliphatic rings. The molecule has 4 nitrogen and oxygen atoms in total. The van der Waals surface area contributed by atoms with E-state index in [1.54, 1.807) is 0 Å². The van der Waals surface area contributed by atoms with Crippen molar-refractivity contribution in [3.05, 3.63) is 92.7 Å². The molecule has 1 heterocycles. The van der Waals surface area contributed by atoms with Gasteiger partial charge in [0.25, 0.3) is 0 Å². The average molecular weight is 417 g/mol. The van der Waals surface area contributed by atoms with E-state index in [1.807, 2.05) is 69.3 Å². The van der Waals surface area contributed by atoms with Gasteiger partial charge in [0.15, 0.2) is 11.6 Å². The normalized spacial score (nSPS) is 16.2. The zero-order valence-electron chi connectivity index (χ0n) is 17.6. The zero-order chi connectivity index (χ0) is 21.8. The van der Waals surface area contributed by atoms with Crippen molar-refractivity contribution in [1.82, 2.24) is 5.32 Å². The van der Waals surface area contributed by atoms with Crippen molar-refractivity contribution in [1.29, 1.82) is 5.26 Å². The van der Waals surface area contributed by atoms with Crippen LogP contribution in [0.25, 0.3) is 0 Å². The van der Waals surface area contributed by atoms with Crippen LogP contribution < -0.4 is 5.32 Å². The number of nitrogens with one attached hydrogen (secondary N) is 1. The highest BCUT2D eigenvalue weighted by atomic mass is 32.2. The number of thioether (sulfide) groups is 1. The van der Waals surface area contributed by atoms with Gasteiger partial charge < -0.3 is 5.32 Å². The molecule has 0 amide bonds. The number of carbonyl (C=O) groups is 2. The SMILES string of the molecule is CC(=O)C1=C(C)NC(SCC(=O)c2ccc(C)cc2)=C(C#N)[C@H]1c1cccc(C)c1. The Hall–Kier alpha value is -3.10. The Balaban J connectivity index is 1.95. The minimum atomic E-state index is -0.439. The number of dihydropyridines is 1. The summed E-state index contributed by atoms with van der Waals surface area (Å²) in [5, 5.41) is 13.8. The fourth-order valence-corrected chi connectivity index (χ4v) is 4.62. The van der Waals surface area contributed by atoms with E-state index in [0.29, 0.717) is 21.7 Å². The van der Waals surface area contributed by atoms with Crippen LogP contribution in [0.2, 0.25) is 0 Å². The third kappa shape index (κ3) is 4.55. The number of carbonyl (C=O) groups excluding carboxylic acids is 2. The average Bonchev–Trinajstić information content (AvgIpc) is 2.71. The molecule has 0 radical (unpaired) electrons. The summed E-state index contributed by atoms with van der Waals surface area (Å²) in [6.45, 7) is 7.33. The number of nitrogens with zero attached hydrogens (tertiary/aromatic N) is 1. The molecule has 2 aromatic carbocycles. The smallest absolute Gasteiger partial charge is 0.173 e. The van der Waals surface area contributed by atoms with Crippen molar-refractivity contribution in [2.24, 2.45) is 0 Å². The molecule has 1 N–H and O–H groups in total. The molecule has 0 bridgehead atoms. The van der Waals surface area contributed by atoms with E-state index in [2.05, 4.69) is 11.4 Å². The Morgan fingerprint density at radius 1 is 1.07 bits per heavy atom. The van der Waals surface area contributed by atoms with Gasteiger partial charge in [0.2, 0.25) is 0 Å². The maximum Gasteiger partial charge on any atom is 0.173 e. The van der Waals surface area contributed by atoms with Crippen LogP contribution in [0, 0.1) is 25.2 Å². The summed E-state index contributed by atoms with van der Waals surface area (Å²) in [5.41, 5.74) is 5.49. The number of rotatable bonds is 6. The molecule has 0 spiro atoms. The number of benzene rings is 2. The first-order valence-corrected chi connectivity index (χ1v) is 10.7. The Labute approximate surface area is 181 Å². The number of nitriles is 1. The van der Waals surface area contributed by atoms with Crippen LogP contribution >= 0.6 is 11.8 Å². The molecular weight excluding hydrogens is 392 g/mol. The van der Waals surface area contributed by atoms with Gasteiger partial charge >= 0.3 is 0 Å². The summed E-state index contributed by atoms with van der Waals surface area (Å²) in [4.78, 5) is 25.1. The molecule has 0 saturated heterocycles. The van der Waals surface area contributed by atoms with E-state index in [4.69, 9.17) is 0 Å². The topological polar surface area (TPSA) is 70.0 Å². The standard InChI is InChI=1S/C25H24N2O2S/c1-15-8-10-19(11-9-15)22(29)14-30-25-21(13-26)24(20-7-5-6-16(2)12-20)23(18(4)28)17(3)27-25/h5-12,24,27H,14H2,1-4H3/t24-/m1/s1. The van der Waals surface area contributed by atoms with Crippen LogP contribution in [0.1, 0.15) is 46.8 Å². The summed E-state index contributed by atoms with van der Waals surface area (Å²) >= 11 is 1.31. The first-order chi connectivity index (χ1) is 14.3. The van der Waals surface area contributed by atoms with E-state index in [-0.39, 0.29) is 17.3 Å². The number of Topliss-reactive ketones (excluding diaryl/α,β-unsaturated/α-hetero) is 2. The second kappa shape index (κ2) is 9.15. The minimum absolute atomic E-state index is 0.00214. The molecule has 0 fully saturated rings. The fourth-order valence-electron chi connectivity index (χ4n) is 3.64. The molecule has 2 aromatic rings. The molecule has 1 aliphatic heterocycles. The van der Waals surface area contributed by atoms with Crippen LogP contribution in [0.3, 0.4) is 0 Å². The van der Waals surface area contributed by atoms with Crippen LogP contribution in [0.4, 0.5) is 0 Å². The lowest BCUT2D eigenvalue weighted by Gasteiger charge is -2.29. The predicted octanol–water partition coefficient (Wildman–Crippen LogP) is 5.20. The number of hydrogen-bond acceptors (Lipinski definition) is 5. The fraction of sp³-hybridized carbons (Fsp3) is 0.240. The predicted molar refractivity (Wildman–Crippen MR) is 121 cm³/mol. The molecule has 0 saturated carbocycles. The van der Waals surface area contributed by atoms with Gasteiger partial charge in [-0.3, -0.25) is 9.59 Å². The number of allylic oxidation sites excluding steroid dienone is 3. The van der Waals surface area contributed by atoms with Gasteiger partial charge in [0.05, 0.1) is 28.3 Å².